The molecule has 0 bridgehead atoms. The summed E-state index contributed by atoms with van der Waals surface area (Å²) < 4.78 is 15.9. The number of rotatable bonds is 2. The van der Waals surface area contributed by atoms with Crippen molar-refractivity contribution >= 4 is 22.8 Å². The molecule has 0 amide bonds. The van der Waals surface area contributed by atoms with Gasteiger partial charge in [0.05, 0.1) is 6.33 Å². The molecule has 102 valence electrons. The van der Waals surface area contributed by atoms with E-state index in [2.05, 4.69) is 15.2 Å². The SMILES string of the molecule is CN1CC[C@@H](Cn2cnc3cc(Cl)nnc32)C(F)C1. The van der Waals surface area contributed by atoms with Crippen LogP contribution in [0, 0.1) is 5.92 Å². The molecule has 1 aliphatic heterocycles. The Bertz CT molecular complexity index is 587. The topological polar surface area (TPSA) is 46.8 Å². The van der Waals surface area contributed by atoms with Crippen LogP contribution in [-0.2, 0) is 6.54 Å². The third-order valence-corrected chi connectivity index (χ3v) is 3.83. The number of imidazole rings is 1. The number of halogens is 2. The molecule has 3 heterocycles. The molecule has 1 unspecified atom stereocenters. The molecule has 1 aliphatic rings. The zero-order chi connectivity index (χ0) is 13.4. The van der Waals surface area contributed by atoms with Gasteiger partial charge in [-0.15, -0.1) is 10.2 Å². The Hall–Kier alpha value is -1.27. The van der Waals surface area contributed by atoms with E-state index >= 15 is 0 Å². The van der Waals surface area contributed by atoms with Crippen LogP contribution in [0.5, 0.6) is 0 Å². The fourth-order valence-electron chi connectivity index (χ4n) is 2.54. The maximum absolute atomic E-state index is 14.0. The van der Waals surface area contributed by atoms with E-state index in [1.807, 2.05) is 16.5 Å². The smallest absolute Gasteiger partial charge is 0.182 e. The lowest BCUT2D eigenvalue weighted by atomic mass is 9.95. The summed E-state index contributed by atoms with van der Waals surface area (Å²) in [6.07, 6.45) is 1.72. The first kappa shape index (κ1) is 12.7. The highest BCUT2D eigenvalue weighted by Crippen LogP contribution is 2.23. The zero-order valence-electron chi connectivity index (χ0n) is 10.6. The van der Waals surface area contributed by atoms with Crippen LogP contribution in [0.2, 0.25) is 5.15 Å². The number of hydrogen-bond donors (Lipinski definition) is 0. The minimum atomic E-state index is -0.809. The van der Waals surface area contributed by atoms with E-state index < -0.39 is 6.17 Å². The van der Waals surface area contributed by atoms with Crippen LogP contribution in [0.15, 0.2) is 12.4 Å². The average Bonchev–Trinajstić information content (AvgIpc) is 2.75. The molecule has 0 spiro atoms. The lowest BCUT2D eigenvalue weighted by molar-refractivity contribution is 0.0925. The minimum absolute atomic E-state index is 0.00563. The second-order valence-electron chi connectivity index (χ2n) is 5.10. The number of aromatic nitrogens is 4. The summed E-state index contributed by atoms with van der Waals surface area (Å²) in [5, 5.41) is 8.17. The summed E-state index contributed by atoms with van der Waals surface area (Å²) in [5.41, 5.74) is 1.36. The Kier molecular flexibility index (Phi) is 3.36. The van der Waals surface area contributed by atoms with Crippen molar-refractivity contribution in [3.8, 4) is 0 Å². The highest BCUT2D eigenvalue weighted by molar-refractivity contribution is 6.29. The summed E-state index contributed by atoms with van der Waals surface area (Å²) >= 11 is 5.77. The zero-order valence-corrected chi connectivity index (χ0v) is 11.4. The normalized spacial score (nSPS) is 25.0. The third kappa shape index (κ3) is 2.55. The van der Waals surface area contributed by atoms with Gasteiger partial charge in [-0.1, -0.05) is 11.6 Å². The molecule has 2 aromatic heterocycles. The summed E-state index contributed by atoms with van der Waals surface area (Å²) in [7, 11) is 1.95. The van der Waals surface area contributed by atoms with Crippen molar-refractivity contribution in [3.63, 3.8) is 0 Å². The van der Waals surface area contributed by atoms with Gasteiger partial charge in [-0.3, -0.25) is 0 Å². The lowest BCUT2D eigenvalue weighted by Crippen LogP contribution is -2.40. The van der Waals surface area contributed by atoms with Crippen molar-refractivity contribution in [1.29, 1.82) is 0 Å². The van der Waals surface area contributed by atoms with Crippen LogP contribution in [0.25, 0.3) is 11.2 Å². The Morgan fingerprint density at radius 2 is 2.32 bits per heavy atom. The van der Waals surface area contributed by atoms with Gasteiger partial charge in [-0.25, -0.2) is 9.37 Å². The van der Waals surface area contributed by atoms with E-state index in [0.29, 0.717) is 29.4 Å². The molecule has 0 saturated carbocycles. The van der Waals surface area contributed by atoms with Crippen LogP contribution in [0.3, 0.4) is 0 Å². The molecule has 0 aliphatic carbocycles. The van der Waals surface area contributed by atoms with Gasteiger partial charge >= 0.3 is 0 Å². The molecule has 19 heavy (non-hydrogen) atoms. The molecule has 2 aromatic rings. The van der Waals surface area contributed by atoms with Crippen molar-refractivity contribution in [2.24, 2.45) is 5.92 Å². The average molecular weight is 284 g/mol. The molecular formula is C12H15ClFN5. The molecule has 0 N–H and O–H groups in total. The van der Waals surface area contributed by atoms with Crippen LogP contribution in [0.1, 0.15) is 6.42 Å². The Balaban J connectivity index is 1.81. The van der Waals surface area contributed by atoms with Gasteiger partial charge in [0.25, 0.3) is 0 Å². The van der Waals surface area contributed by atoms with Crippen molar-refractivity contribution in [1.82, 2.24) is 24.6 Å². The second kappa shape index (κ2) is 5.02. The summed E-state index contributed by atoms with van der Waals surface area (Å²) in [6, 6.07) is 1.67. The highest BCUT2D eigenvalue weighted by Gasteiger charge is 2.28. The van der Waals surface area contributed by atoms with E-state index in [9.17, 15) is 4.39 Å². The largest absolute Gasteiger partial charge is 0.313 e. The first-order valence-corrected chi connectivity index (χ1v) is 6.68. The van der Waals surface area contributed by atoms with Crippen molar-refractivity contribution in [3.05, 3.63) is 17.5 Å². The molecule has 0 aromatic carbocycles. The fraction of sp³-hybridized carbons (Fsp3) is 0.583. The van der Waals surface area contributed by atoms with E-state index in [0.717, 1.165) is 13.0 Å². The highest BCUT2D eigenvalue weighted by atomic mass is 35.5. The van der Waals surface area contributed by atoms with E-state index in [-0.39, 0.29) is 5.92 Å². The predicted octanol–water partition coefficient (Wildman–Crippen LogP) is 1.77. The van der Waals surface area contributed by atoms with Crippen LogP contribution >= 0.6 is 11.6 Å². The van der Waals surface area contributed by atoms with Gasteiger partial charge in [0.2, 0.25) is 0 Å². The van der Waals surface area contributed by atoms with Gasteiger partial charge in [0, 0.05) is 25.1 Å². The molecule has 1 fully saturated rings. The molecule has 0 radical (unpaired) electrons. The Morgan fingerprint density at radius 1 is 1.47 bits per heavy atom. The summed E-state index contributed by atoms with van der Waals surface area (Å²) in [4.78, 5) is 6.25. The number of nitrogens with zero attached hydrogens (tertiary/aromatic N) is 5. The van der Waals surface area contributed by atoms with Gasteiger partial charge < -0.3 is 9.47 Å². The number of likely N-dealkylation sites (tertiary alicyclic amines) is 1. The minimum Gasteiger partial charge on any atom is -0.313 e. The second-order valence-corrected chi connectivity index (χ2v) is 5.49. The molecule has 5 nitrogen and oxygen atoms in total. The fourth-order valence-corrected chi connectivity index (χ4v) is 2.68. The van der Waals surface area contributed by atoms with E-state index in [1.54, 1.807) is 12.4 Å². The molecular weight excluding hydrogens is 269 g/mol. The predicted molar refractivity (Wildman–Crippen MR) is 70.8 cm³/mol. The molecule has 3 rings (SSSR count). The van der Waals surface area contributed by atoms with Gasteiger partial charge in [0.15, 0.2) is 10.8 Å². The summed E-state index contributed by atoms with van der Waals surface area (Å²) in [5.74, 6) is 0.00563. The molecule has 1 saturated heterocycles. The number of alkyl halides is 1. The van der Waals surface area contributed by atoms with Crippen LogP contribution in [-0.4, -0.2) is 51.0 Å². The van der Waals surface area contributed by atoms with Gasteiger partial charge in [-0.05, 0) is 20.0 Å². The van der Waals surface area contributed by atoms with Crippen molar-refractivity contribution in [2.75, 3.05) is 20.1 Å². The maximum atomic E-state index is 14.0. The van der Waals surface area contributed by atoms with E-state index in [1.165, 1.54) is 0 Å². The monoisotopic (exact) mass is 283 g/mol. The van der Waals surface area contributed by atoms with Crippen molar-refractivity contribution < 1.29 is 4.39 Å². The number of hydrogen-bond acceptors (Lipinski definition) is 4. The van der Waals surface area contributed by atoms with Gasteiger partial charge in [-0.2, -0.15) is 0 Å². The van der Waals surface area contributed by atoms with Crippen molar-refractivity contribution in [2.45, 2.75) is 19.1 Å². The molecule has 2 atom stereocenters. The van der Waals surface area contributed by atoms with E-state index in [4.69, 9.17) is 11.6 Å². The maximum Gasteiger partial charge on any atom is 0.182 e. The quantitative estimate of drug-likeness (QED) is 0.843. The van der Waals surface area contributed by atoms with Crippen LogP contribution < -0.4 is 0 Å². The van der Waals surface area contributed by atoms with Crippen LogP contribution in [0.4, 0.5) is 4.39 Å². The number of piperidine rings is 1. The number of fused-ring (bicyclic) bond motifs is 1. The first-order valence-electron chi connectivity index (χ1n) is 6.30. The Morgan fingerprint density at radius 3 is 3.11 bits per heavy atom. The molecule has 7 heteroatoms. The van der Waals surface area contributed by atoms with Gasteiger partial charge in [0.1, 0.15) is 11.7 Å². The first-order chi connectivity index (χ1) is 9.13. The standard InChI is InChI=1S/C12H15ClFN5/c1-18-3-2-8(9(14)6-18)5-19-7-15-10-4-11(13)16-17-12(10)19/h4,7-9H,2-3,5-6H2,1H3/t8-,9?/m0/s1. The third-order valence-electron chi connectivity index (χ3n) is 3.64. The Labute approximate surface area is 115 Å². The summed E-state index contributed by atoms with van der Waals surface area (Å²) in [6.45, 7) is 2.01. The lowest BCUT2D eigenvalue weighted by Gasteiger charge is -2.32.